The molecule has 0 atom stereocenters. The highest BCUT2D eigenvalue weighted by molar-refractivity contribution is 6.04. The summed E-state index contributed by atoms with van der Waals surface area (Å²) in [4.78, 5) is 24.5. The molecule has 2 amide bonds. The lowest BCUT2D eigenvalue weighted by molar-refractivity contribution is -0.123. The van der Waals surface area contributed by atoms with Crippen molar-refractivity contribution in [2.24, 2.45) is 5.41 Å². The van der Waals surface area contributed by atoms with Gasteiger partial charge in [0.25, 0.3) is 5.91 Å². The molecule has 0 radical (unpaired) electrons. The third kappa shape index (κ3) is 6.44. The van der Waals surface area contributed by atoms with Gasteiger partial charge in [-0.15, -0.1) is 0 Å². The number of nitrogens with one attached hydrogen (secondary N) is 2. The van der Waals surface area contributed by atoms with E-state index in [0.717, 1.165) is 18.6 Å². The van der Waals surface area contributed by atoms with Gasteiger partial charge in [0.1, 0.15) is 5.75 Å². The van der Waals surface area contributed by atoms with Crippen molar-refractivity contribution >= 4 is 23.2 Å². The van der Waals surface area contributed by atoms with Crippen molar-refractivity contribution in [1.82, 2.24) is 0 Å². The van der Waals surface area contributed by atoms with Crippen LogP contribution in [0.25, 0.3) is 0 Å². The largest absolute Gasteiger partial charge is 0.494 e. The molecule has 0 aliphatic rings. The molecule has 0 saturated carbocycles. The van der Waals surface area contributed by atoms with Gasteiger partial charge in [0, 0.05) is 22.4 Å². The first-order chi connectivity index (χ1) is 12.8. The third-order valence-corrected chi connectivity index (χ3v) is 3.94. The van der Waals surface area contributed by atoms with E-state index in [-0.39, 0.29) is 11.8 Å². The zero-order valence-electron chi connectivity index (χ0n) is 16.5. The van der Waals surface area contributed by atoms with Gasteiger partial charge in [0.05, 0.1) is 6.61 Å². The van der Waals surface area contributed by atoms with Gasteiger partial charge in [0.2, 0.25) is 5.91 Å². The second kappa shape index (κ2) is 9.21. The maximum Gasteiger partial charge on any atom is 0.255 e. The van der Waals surface area contributed by atoms with Gasteiger partial charge in [-0.05, 0) is 48.9 Å². The number of hydrogen-bond donors (Lipinski definition) is 2. The van der Waals surface area contributed by atoms with Crippen molar-refractivity contribution in [3.63, 3.8) is 0 Å². The fraction of sp³-hybridized carbons (Fsp3) is 0.364. The van der Waals surface area contributed by atoms with Crippen molar-refractivity contribution in [2.75, 3.05) is 17.2 Å². The van der Waals surface area contributed by atoms with Crippen LogP contribution in [0.3, 0.4) is 0 Å². The molecule has 0 spiro atoms. The average Bonchev–Trinajstić information content (AvgIpc) is 2.62. The van der Waals surface area contributed by atoms with Crippen LogP contribution in [0.2, 0.25) is 0 Å². The number of anilines is 2. The number of rotatable bonds is 7. The summed E-state index contributed by atoms with van der Waals surface area (Å²) >= 11 is 0. The Labute approximate surface area is 161 Å². The second-order valence-electron chi connectivity index (χ2n) is 7.47. The van der Waals surface area contributed by atoms with Gasteiger partial charge < -0.3 is 15.4 Å². The summed E-state index contributed by atoms with van der Waals surface area (Å²) in [5.74, 6) is 0.464. The Hall–Kier alpha value is -2.82. The fourth-order valence-corrected chi connectivity index (χ4v) is 2.23. The number of ether oxygens (including phenoxy) is 1. The van der Waals surface area contributed by atoms with Crippen LogP contribution in [0.15, 0.2) is 48.5 Å². The zero-order chi connectivity index (χ0) is 19.9. The van der Waals surface area contributed by atoms with Crippen LogP contribution in [0, 0.1) is 5.41 Å². The molecular formula is C22H28N2O3. The highest BCUT2D eigenvalue weighted by atomic mass is 16.5. The fourth-order valence-electron chi connectivity index (χ4n) is 2.23. The molecule has 2 aromatic rings. The van der Waals surface area contributed by atoms with E-state index in [2.05, 4.69) is 17.6 Å². The third-order valence-electron chi connectivity index (χ3n) is 3.94. The van der Waals surface area contributed by atoms with Crippen LogP contribution in [0.5, 0.6) is 5.75 Å². The first-order valence-electron chi connectivity index (χ1n) is 9.25. The Morgan fingerprint density at radius 1 is 0.963 bits per heavy atom. The molecule has 0 aliphatic carbocycles. The molecule has 0 saturated heterocycles. The molecule has 2 aromatic carbocycles. The molecule has 0 bridgehead atoms. The Kier molecular flexibility index (Phi) is 6.99. The molecular weight excluding hydrogens is 340 g/mol. The highest BCUT2D eigenvalue weighted by Gasteiger charge is 2.21. The molecule has 0 heterocycles. The smallest absolute Gasteiger partial charge is 0.255 e. The summed E-state index contributed by atoms with van der Waals surface area (Å²) in [5.41, 5.74) is 1.32. The number of carbonyl (C=O) groups is 2. The van der Waals surface area contributed by atoms with Gasteiger partial charge in [-0.3, -0.25) is 9.59 Å². The molecule has 5 heteroatoms. The van der Waals surface area contributed by atoms with E-state index in [0.29, 0.717) is 23.5 Å². The number of unbranched alkanes of at least 4 members (excludes halogenated alkanes) is 1. The summed E-state index contributed by atoms with van der Waals surface area (Å²) in [6, 6.07) is 14.2. The molecule has 2 rings (SSSR count). The number of amides is 2. The van der Waals surface area contributed by atoms with Crippen LogP contribution in [-0.4, -0.2) is 18.4 Å². The van der Waals surface area contributed by atoms with E-state index in [9.17, 15) is 9.59 Å². The molecule has 0 fully saturated rings. The van der Waals surface area contributed by atoms with Crippen LogP contribution in [0.4, 0.5) is 11.4 Å². The lowest BCUT2D eigenvalue weighted by Crippen LogP contribution is -2.27. The van der Waals surface area contributed by atoms with E-state index < -0.39 is 5.41 Å². The van der Waals surface area contributed by atoms with E-state index in [4.69, 9.17) is 4.74 Å². The molecule has 5 nitrogen and oxygen atoms in total. The summed E-state index contributed by atoms with van der Waals surface area (Å²) in [6.07, 6.45) is 2.08. The van der Waals surface area contributed by atoms with Crippen LogP contribution < -0.4 is 15.4 Å². The van der Waals surface area contributed by atoms with Gasteiger partial charge in [-0.1, -0.05) is 40.2 Å². The SMILES string of the molecule is CCCCOc1ccc(C(=O)Nc2cccc(NC(=O)C(C)(C)C)c2)cc1. The quantitative estimate of drug-likeness (QED) is 0.668. The van der Waals surface area contributed by atoms with Gasteiger partial charge in [-0.2, -0.15) is 0 Å². The monoisotopic (exact) mass is 368 g/mol. The molecule has 144 valence electrons. The lowest BCUT2D eigenvalue weighted by atomic mass is 9.95. The zero-order valence-corrected chi connectivity index (χ0v) is 16.5. The van der Waals surface area contributed by atoms with Crippen molar-refractivity contribution in [2.45, 2.75) is 40.5 Å². The molecule has 2 N–H and O–H groups in total. The minimum absolute atomic E-state index is 0.0790. The van der Waals surface area contributed by atoms with E-state index in [1.807, 2.05) is 20.8 Å². The summed E-state index contributed by atoms with van der Waals surface area (Å²) in [5, 5.41) is 5.71. The predicted molar refractivity (Wildman–Crippen MR) is 109 cm³/mol. The Morgan fingerprint density at radius 2 is 1.59 bits per heavy atom. The minimum atomic E-state index is -0.486. The maximum atomic E-state index is 12.4. The topological polar surface area (TPSA) is 67.4 Å². The van der Waals surface area contributed by atoms with E-state index in [1.165, 1.54) is 0 Å². The van der Waals surface area contributed by atoms with Crippen LogP contribution in [-0.2, 0) is 4.79 Å². The van der Waals surface area contributed by atoms with Crippen molar-refractivity contribution < 1.29 is 14.3 Å². The van der Waals surface area contributed by atoms with Crippen molar-refractivity contribution in [3.05, 3.63) is 54.1 Å². The molecule has 27 heavy (non-hydrogen) atoms. The summed E-state index contributed by atoms with van der Waals surface area (Å²) < 4.78 is 5.61. The minimum Gasteiger partial charge on any atom is -0.494 e. The first kappa shape index (κ1) is 20.5. The standard InChI is InChI=1S/C22H28N2O3/c1-5-6-14-27-19-12-10-16(11-13-19)20(25)23-17-8-7-9-18(15-17)24-21(26)22(2,3)4/h7-13,15H,5-6,14H2,1-4H3,(H,23,25)(H,24,26). The average molecular weight is 368 g/mol. The van der Waals surface area contributed by atoms with E-state index >= 15 is 0 Å². The van der Waals surface area contributed by atoms with Gasteiger partial charge >= 0.3 is 0 Å². The Bertz CT molecular complexity index is 777. The van der Waals surface area contributed by atoms with Crippen molar-refractivity contribution in [3.8, 4) is 5.75 Å². The number of hydrogen-bond acceptors (Lipinski definition) is 3. The van der Waals surface area contributed by atoms with E-state index in [1.54, 1.807) is 48.5 Å². The number of carbonyl (C=O) groups excluding carboxylic acids is 2. The molecule has 0 aromatic heterocycles. The second-order valence-corrected chi connectivity index (χ2v) is 7.47. The molecule has 0 unspecified atom stereocenters. The number of benzene rings is 2. The first-order valence-corrected chi connectivity index (χ1v) is 9.25. The van der Waals surface area contributed by atoms with Crippen LogP contribution in [0.1, 0.15) is 50.9 Å². The molecule has 0 aliphatic heterocycles. The summed E-state index contributed by atoms with van der Waals surface area (Å²) in [7, 11) is 0. The normalized spacial score (nSPS) is 11.0. The van der Waals surface area contributed by atoms with Crippen molar-refractivity contribution in [1.29, 1.82) is 0 Å². The van der Waals surface area contributed by atoms with Crippen LogP contribution >= 0.6 is 0 Å². The Balaban J connectivity index is 1.99. The van der Waals surface area contributed by atoms with Gasteiger partial charge in [0.15, 0.2) is 0 Å². The Morgan fingerprint density at radius 3 is 2.19 bits per heavy atom. The predicted octanol–water partition coefficient (Wildman–Crippen LogP) is 5.10. The van der Waals surface area contributed by atoms with Gasteiger partial charge in [-0.25, -0.2) is 0 Å². The lowest BCUT2D eigenvalue weighted by Gasteiger charge is -2.18. The maximum absolute atomic E-state index is 12.4. The summed E-state index contributed by atoms with van der Waals surface area (Å²) in [6.45, 7) is 8.34. The highest BCUT2D eigenvalue weighted by Crippen LogP contribution is 2.21.